The van der Waals surface area contributed by atoms with Gasteiger partial charge in [-0.1, -0.05) is 13.8 Å². The number of aliphatic hydroxyl groups excluding tert-OH is 1. The van der Waals surface area contributed by atoms with Gasteiger partial charge in [-0.25, -0.2) is 0 Å². The fourth-order valence-electron chi connectivity index (χ4n) is 4.98. The third-order valence-corrected chi connectivity index (χ3v) is 5.94. The molecule has 2 bridgehead atoms. The summed E-state index contributed by atoms with van der Waals surface area (Å²) in [5.74, 6) is 2.46. The van der Waals surface area contributed by atoms with Crippen LogP contribution >= 0.6 is 0 Å². The van der Waals surface area contributed by atoms with Crippen LogP contribution < -0.4 is 0 Å². The maximum Gasteiger partial charge on any atom is 0.0505 e. The van der Waals surface area contributed by atoms with Gasteiger partial charge >= 0.3 is 0 Å². The molecule has 1 saturated heterocycles. The molecule has 1 N–H and O–H groups in total. The van der Waals surface area contributed by atoms with E-state index in [4.69, 9.17) is 0 Å². The van der Waals surface area contributed by atoms with Gasteiger partial charge in [-0.15, -0.1) is 0 Å². The van der Waals surface area contributed by atoms with Crippen LogP contribution in [0.2, 0.25) is 0 Å². The molecule has 0 amide bonds. The summed E-state index contributed by atoms with van der Waals surface area (Å²) in [6.45, 7) is 7.57. The molecule has 2 nitrogen and oxygen atoms in total. The van der Waals surface area contributed by atoms with Crippen LogP contribution in [0.15, 0.2) is 0 Å². The van der Waals surface area contributed by atoms with Crippen LogP contribution in [-0.4, -0.2) is 36.8 Å². The van der Waals surface area contributed by atoms with E-state index in [-0.39, 0.29) is 5.41 Å². The highest BCUT2D eigenvalue weighted by atomic mass is 16.3. The minimum atomic E-state index is 0.243. The average molecular weight is 209 g/mol. The van der Waals surface area contributed by atoms with Crippen LogP contribution in [0.5, 0.6) is 0 Å². The van der Waals surface area contributed by atoms with Gasteiger partial charge in [0.15, 0.2) is 0 Å². The van der Waals surface area contributed by atoms with Gasteiger partial charge in [0.2, 0.25) is 0 Å². The molecule has 1 heterocycles. The Morgan fingerprint density at radius 2 is 2.00 bits per heavy atom. The first-order valence-electron chi connectivity index (χ1n) is 6.30. The molecular formula is C13H23NO. The molecule has 4 aliphatic rings. The predicted molar refractivity (Wildman–Crippen MR) is 60.5 cm³/mol. The smallest absolute Gasteiger partial charge is 0.0505 e. The Morgan fingerprint density at radius 3 is 2.60 bits per heavy atom. The average Bonchev–Trinajstić information content (AvgIpc) is 2.53. The predicted octanol–water partition coefficient (Wildman–Crippen LogP) is 1.59. The topological polar surface area (TPSA) is 23.5 Å². The number of nitrogens with zero attached hydrogens (tertiary/aromatic N) is 1. The van der Waals surface area contributed by atoms with Crippen molar-refractivity contribution in [2.75, 3.05) is 26.7 Å². The lowest BCUT2D eigenvalue weighted by atomic mass is 9.39. The van der Waals surface area contributed by atoms with Crippen LogP contribution in [0.25, 0.3) is 0 Å². The highest BCUT2D eigenvalue weighted by molar-refractivity contribution is 5.15. The van der Waals surface area contributed by atoms with Crippen molar-refractivity contribution in [1.82, 2.24) is 4.90 Å². The summed E-state index contributed by atoms with van der Waals surface area (Å²) in [5, 5.41) is 9.87. The Balaban J connectivity index is 1.96. The molecule has 1 aliphatic heterocycles. The van der Waals surface area contributed by atoms with Crippen LogP contribution in [0.3, 0.4) is 0 Å². The molecule has 2 heteroatoms. The Hall–Kier alpha value is -0.0800. The van der Waals surface area contributed by atoms with Crippen molar-refractivity contribution < 1.29 is 5.11 Å². The summed E-state index contributed by atoms with van der Waals surface area (Å²) in [6, 6.07) is 0. The maximum absolute atomic E-state index is 9.87. The molecule has 0 spiro atoms. The number of likely N-dealkylation sites (tertiary alicyclic amines) is 1. The summed E-state index contributed by atoms with van der Waals surface area (Å²) in [4.78, 5) is 2.43. The lowest BCUT2D eigenvalue weighted by molar-refractivity contribution is -0.187. The molecule has 0 radical (unpaired) electrons. The van der Waals surface area contributed by atoms with Crippen molar-refractivity contribution in [3.8, 4) is 0 Å². The van der Waals surface area contributed by atoms with Crippen molar-refractivity contribution in [2.45, 2.75) is 26.7 Å². The van der Waals surface area contributed by atoms with E-state index in [0.717, 1.165) is 24.3 Å². The molecule has 0 aromatic carbocycles. The highest BCUT2D eigenvalue weighted by Gasteiger charge is 2.66. The van der Waals surface area contributed by atoms with E-state index in [1.54, 1.807) is 0 Å². The Labute approximate surface area is 92.7 Å². The Bertz CT molecular complexity index is 288. The number of rotatable bonds is 1. The standard InChI is InChI=1S/C13H23NO/c1-12(2)9-4-10-6-14(3)7-13(10,8-15)11(12)5-9/h9-11,15H,4-8H2,1-3H3. The van der Waals surface area contributed by atoms with E-state index in [1.807, 2.05) is 0 Å². The van der Waals surface area contributed by atoms with E-state index >= 15 is 0 Å². The molecule has 15 heavy (non-hydrogen) atoms. The summed E-state index contributed by atoms with van der Waals surface area (Å²) >= 11 is 0. The molecule has 0 aromatic heterocycles. The molecule has 4 fully saturated rings. The summed E-state index contributed by atoms with van der Waals surface area (Å²) in [5.41, 5.74) is 0.734. The first-order valence-corrected chi connectivity index (χ1v) is 6.30. The van der Waals surface area contributed by atoms with Gasteiger partial charge in [0, 0.05) is 18.5 Å². The molecular weight excluding hydrogens is 186 g/mol. The molecule has 4 atom stereocenters. The monoisotopic (exact) mass is 209 g/mol. The third kappa shape index (κ3) is 1.03. The fourth-order valence-corrected chi connectivity index (χ4v) is 4.98. The zero-order valence-corrected chi connectivity index (χ0v) is 10.2. The second-order valence-electron chi connectivity index (χ2n) is 6.83. The first kappa shape index (κ1) is 10.1. The van der Waals surface area contributed by atoms with Gasteiger partial charge in [-0.3, -0.25) is 0 Å². The lowest BCUT2D eigenvalue weighted by Gasteiger charge is -2.66. The minimum absolute atomic E-state index is 0.243. The number of hydrogen-bond acceptors (Lipinski definition) is 2. The second-order valence-corrected chi connectivity index (χ2v) is 6.83. The minimum Gasteiger partial charge on any atom is -0.396 e. The van der Waals surface area contributed by atoms with E-state index in [0.29, 0.717) is 12.0 Å². The zero-order chi connectivity index (χ0) is 10.8. The van der Waals surface area contributed by atoms with Crippen LogP contribution in [-0.2, 0) is 0 Å². The molecule has 86 valence electrons. The molecule has 4 unspecified atom stereocenters. The molecule has 3 aliphatic carbocycles. The fraction of sp³-hybridized carbons (Fsp3) is 1.00. The summed E-state index contributed by atoms with van der Waals surface area (Å²) in [6.07, 6.45) is 2.73. The van der Waals surface area contributed by atoms with Crippen molar-refractivity contribution >= 4 is 0 Å². The van der Waals surface area contributed by atoms with Gasteiger partial charge < -0.3 is 10.0 Å². The number of hydrogen-bond donors (Lipinski definition) is 1. The lowest BCUT2D eigenvalue weighted by Crippen LogP contribution is -2.62. The Morgan fingerprint density at radius 1 is 1.27 bits per heavy atom. The van der Waals surface area contributed by atoms with Crippen LogP contribution in [0.4, 0.5) is 0 Å². The second kappa shape index (κ2) is 2.78. The summed E-state index contributed by atoms with van der Waals surface area (Å²) < 4.78 is 0. The molecule has 4 rings (SSSR count). The van der Waals surface area contributed by atoms with E-state index < -0.39 is 0 Å². The van der Waals surface area contributed by atoms with Gasteiger partial charge in [0.05, 0.1) is 6.61 Å². The maximum atomic E-state index is 9.87. The van der Waals surface area contributed by atoms with Crippen LogP contribution in [0, 0.1) is 28.6 Å². The molecule has 3 saturated carbocycles. The number of aliphatic hydroxyl groups is 1. The quantitative estimate of drug-likeness (QED) is 0.709. The van der Waals surface area contributed by atoms with Crippen LogP contribution in [0.1, 0.15) is 26.7 Å². The van der Waals surface area contributed by atoms with Gasteiger partial charge in [0.25, 0.3) is 0 Å². The van der Waals surface area contributed by atoms with Gasteiger partial charge in [0.1, 0.15) is 0 Å². The van der Waals surface area contributed by atoms with Crippen molar-refractivity contribution in [3.05, 3.63) is 0 Å². The van der Waals surface area contributed by atoms with E-state index in [9.17, 15) is 5.11 Å². The first-order chi connectivity index (χ1) is 7.00. The highest BCUT2D eigenvalue weighted by Crippen LogP contribution is 2.69. The van der Waals surface area contributed by atoms with E-state index in [2.05, 4.69) is 25.8 Å². The van der Waals surface area contributed by atoms with Gasteiger partial charge in [-0.05, 0) is 43.1 Å². The van der Waals surface area contributed by atoms with Crippen molar-refractivity contribution in [1.29, 1.82) is 0 Å². The van der Waals surface area contributed by atoms with Crippen molar-refractivity contribution in [2.24, 2.45) is 28.6 Å². The van der Waals surface area contributed by atoms with Gasteiger partial charge in [-0.2, -0.15) is 0 Å². The SMILES string of the molecule is CN1CC2CC3CC(C3(C)C)C2(CO)C1. The normalized spacial score (nSPS) is 52.4. The Kier molecular flexibility index (Phi) is 1.87. The largest absolute Gasteiger partial charge is 0.396 e. The third-order valence-electron chi connectivity index (χ3n) is 5.94. The van der Waals surface area contributed by atoms with Crippen molar-refractivity contribution in [3.63, 3.8) is 0 Å². The molecule has 0 aromatic rings. The zero-order valence-electron chi connectivity index (χ0n) is 10.2. The van der Waals surface area contributed by atoms with E-state index in [1.165, 1.54) is 19.4 Å². The summed E-state index contributed by atoms with van der Waals surface area (Å²) in [7, 11) is 2.21.